The average Bonchev–Trinajstić information content (AvgIpc) is 2.27. The van der Waals surface area contributed by atoms with E-state index in [2.05, 4.69) is 13.8 Å². The second-order valence-corrected chi connectivity index (χ2v) is 4.78. The minimum Gasteiger partial charge on any atom is -0.481 e. The summed E-state index contributed by atoms with van der Waals surface area (Å²) in [6, 6.07) is 7.99. The Morgan fingerprint density at radius 3 is 2.00 bits per heavy atom. The Labute approximate surface area is 102 Å². The number of aliphatic hydroxyl groups excluding tert-OH is 1. The van der Waals surface area contributed by atoms with Crippen molar-refractivity contribution in [2.75, 3.05) is 0 Å². The van der Waals surface area contributed by atoms with Crippen LogP contribution in [0.15, 0.2) is 24.3 Å². The molecule has 3 heteroatoms. The Bertz CT molecular complexity index is 368. The molecule has 0 fully saturated rings. The third-order valence-corrected chi connectivity index (χ3v) is 3.09. The summed E-state index contributed by atoms with van der Waals surface area (Å²) in [5.41, 5.74) is 2.22. The summed E-state index contributed by atoms with van der Waals surface area (Å²) in [4.78, 5) is 10.5. The van der Waals surface area contributed by atoms with Crippen molar-refractivity contribution in [1.82, 2.24) is 0 Å². The molecule has 94 valence electrons. The highest BCUT2D eigenvalue weighted by Crippen LogP contribution is 2.23. The summed E-state index contributed by atoms with van der Waals surface area (Å²) in [6.07, 6.45) is -1.05. The predicted molar refractivity (Wildman–Crippen MR) is 67.2 cm³/mol. The first-order chi connectivity index (χ1) is 7.91. The molecule has 2 N–H and O–H groups in total. The number of aliphatic hydroxyl groups is 1. The van der Waals surface area contributed by atoms with Crippen molar-refractivity contribution in [3.8, 4) is 0 Å². The lowest BCUT2D eigenvalue weighted by atomic mass is 9.91. The van der Waals surface area contributed by atoms with Crippen LogP contribution in [0.25, 0.3) is 0 Å². The van der Waals surface area contributed by atoms with E-state index in [1.165, 1.54) is 5.56 Å². The van der Waals surface area contributed by atoms with Gasteiger partial charge in [0, 0.05) is 5.92 Å². The number of aliphatic carboxylic acids is 1. The van der Waals surface area contributed by atoms with Crippen LogP contribution in [-0.4, -0.2) is 22.3 Å². The van der Waals surface area contributed by atoms with Crippen molar-refractivity contribution in [2.45, 2.75) is 45.1 Å². The monoisotopic (exact) mass is 236 g/mol. The number of carboxylic acid groups (broad SMARTS) is 1. The second kappa shape index (κ2) is 5.82. The molecular weight excluding hydrogens is 216 g/mol. The van der Waals surface area contributed by atoms with E-state index in [9.17, 15) is 9.90 Å². The highest BCUT2D eigenvalue weighted by Gasteiger charge is 2.19. The number of hydrogen-bond donors (Lipinski definition) is 2. The molecule has 0 radical (unpaired) electrons. The molecule has 1 aromatic rings. The topological polar surface area (TPSA) is 57.5 Å². The molecule has 0 aromatic heterocycles. The Hall–Kier alpha value is -1.35. The Kier molecular flexibility index (Phi) is 4.70. The van der Waals surface area contributed by atoms with Crippen LogP contribution >= 0.6 is 0 Å². The molecule has 0 spiro atoms. The van der Waals surface area contributed by atoms with E-state index in [1.807, 2.05) is 31.2 Å². The fourth-order valence-corrected chi connectivity index (χ4v) is 1.76. The molecule has 3 nitrogen and oxygen atoms in total. The molecule has 0 saturated heterocycles. The van der Waals surface area contributed by atoms with E-state index in [4.69, 9.17) is 5.11 Å². The fraction of sp³-hybridized carbons (Fsp3) is 0.500. The summed E-state index contributed by atoms with van der Waals surface area (Å²) >= 11 is 0. The number of benzene rings is 1. The van der Waals surface area contributed by atoms with E-state index in [-0.39, 0.29) is 12.3 Å². The summed E-state index contributed by atoms with van der Waals surface area (Å²) in [5, 5.41) is 18.4. The maximum atomic E-state index is 10.5. The maximum absolute atomic E-state index is 10.5. The minimum atomic E-state index is -0.969. The van der Waals surface area contributed by atoms with Gasteiger partial charge in [-0.1, -0.05) is 45.0 Å². The summed E-state index contributed by atoms with van der Waals surface area (Å²) in [6.45, 7) is 6.09. The number of hydrogen-bond acceptors (Lipinski definition) is 2. The van der Waals surface area contributed by atoms with Crippen LogP contribution in [-0.2, 0) is 4.79 Å². The normalized spacial score (nSPS) is 14.6. The predicted octanol–water partition coefficient (Wildman–Crippen LogP) is 2.75. The third kappa shape index (κ3) is 3.86. The smallest absolute Gasteiger partial charge is 0.305 e. The van der Waals surface area contributed by atoms with Crippen molar-refractivity contribution < 1.29 is 15.0 Å². The van der Waals surface area contributed by atoms with Gasteiger partial charge in [-0.3, -0.25) is 4.79 Å². The largest absolute Gasteiger partial charge is 0.481 e. The molecule has 0 amide bonds. The van der Waals surface area contributed by atoms with Crippen LogP contribution in [0.4, 0.5) is 0 Å². The van der Waals surface area contributed by atoms with Crippen LogP contribution < -0.4 is 0 Å². The van der Waals surface area contributed by atoms with E-state index < -0.39 is 12.1 Å². The molecule has 2 atom stereocenters. The zero-order valence-corrected chi connectivity index (χ0v) is 10.6. The summed E-state index contributed by atoms with van der Waals surface area (Å²) in [7, 11) is 0. The quantitative estimate of drug-likeness (QED) is 0.826. The van der Waals surface area contributed by atoms with Gasteiger partial charge in [0.25, 0.3) is 0 Å². The van der Waals surface area contributed by atoms with Crippen LogP contribution in [0.1, 0.15) is 50.2 Å². The van der Waals surface area contributed by atoms with Crippen LogP contribution in [0.5, 0.6) is 0 Å². The number of carboxylic acids is 1. The molecule has 0 heterocycles. The molecule has 0 aliphatic carbocycles. The van der Waals surface area contributed by atoms with Crippen molar-refractivity contribution in [2.24, 2.45) is 0 Å². The maximum Gasteiger partial charge on any atom is 0.305 e. The van der Waals surface area contributed by atoms with Gasteiger partial charge in [0.15, 0.2) is 0 Å². The SMILES string of the molecule is CC(C)c1ccc(C(C)C(O)CC(=O)O)cc1. The summed E-state index contributed by atoms with van der Waals surface area (Å²) < 4.78 is 0. The van der Waals surface area contributed by atoms with E-state index in [0.29, 0.717) is 5.92 Å². The Morgan fingerprint density at radius 2 is 1.59 bits per heavy atom. The standard InChI is InChI=1S/C14H20O3/c1-9(2)11-4-6-12(7-5-11)10(3)13(15)8-14(16)17/h4-7,9-10,13,15H,8H2,1-3H3,(H,16,17). The minimum absolute atomic E-state index is 0.160. The van der Waals surface area contributed by atoms with E-state index in [1.54, 1.807) is 0 Å². The van der Waals surface area contributed by atoms with Crippen LogP contribution in [0, 0.1) is 0 Å². The number of rotatable bonds is 5. The van der Waals surface area contributed by atoms with Crippen molar-refractivity contribution in [3.63, 3.8) is 0 Å². The molecule has 17 heavy (non-hydrogen) atoms. The summed E-state index contributed by atoms with van der Waals surface area (Å²) in [5.74, 6) is -0.654. The van der Waals surface area contributed by atoms with Crippen molar-refractivity contribution in [3.05, 3.63) is 35.4 Å². The Balaban J connectivity index is 2.75. The highest BCUT2D eigenvalue weighted by atomic mass is 16.4. The van der Waals surface area contributed by atoms with Crippen LogP contribution in [0.3, 0.4) is 0 Å². The molecule has 0 saturated carbocycles. The van der Waals surface area contributed by atoms with Crippen molar-refractivity contribution in [1.29, 1.82) is 0 Å². The van der Waals surface area contributed by atoms with E-state index >= 15 is 0 Å². The number of carbonyl (C=O) groups is 1. The van der Waals surface area contributed by atoms with Gasteiger partial charge in [-0.2, -0.15) is 0 Å². The lowest BCUT2D eigenvalue weighted by Gasteiger charge is -2.18. The van der Waals surface area contributed by atoms with Gasteiger partial charge >= 0.3 is 5.97 Å². The van der Waals surface area contributed by atoms with Gasteiger partial charge in [0.1, 0.15) is 0 Å². The zero-order chi connectivity index (χ0) is 13.0. The molecule has 0 aliphatic rings. The van der Waals surface area contributed by atoms with Gasteiger partial charge in [0.05, 0.1) is 12.5 Å². The first kappa shape index (κ1) is 13.7. The van der Waals surface area contributed by atoms with Gasteiger partial charge in [-0.05, 0) is 17.0 Å². The molecule has 0 aliphatic heterocycles. The molecule has 0 bridgehead atoms. The van der Waals surface area contributed by atoms with Crippen molar-refractivity contribution >= 4 is 5.97 Å². The third-order valence-electron chi connectivity index (χ3n) is 3.09. The molecule has 1 rings (SSSR count). The molecule has 1 aromatic carbocycles. The van der Waals surface area contributed by atoms with Gasteiger partial charge in [-0.15, -0.1) is 0 Å². The lowest BCUT2D eigenvalue weighted by molar-refractivity contribution is -0.139. The fourth-order valence-electron chi connectivity index (χ4n) is 1.76. The van der Waals surface area contributed by atoms with E-state index in [0.717, 1.165) is 5.56 Å². The van der Waals surface area contributed by atoms with Gasteiger partial charge < -0.3 is 10.2 Å². The van der Waals surface area contributed by atoms with Gasteiger partial charge in [-0.25, -0.2) is 0 Å². The highest BCUT2D eigenvalue weighted by molar-refractivity contribution is 5.67. The first-order valence-corrected chi connectivity index (χ1v) is 5.91. The average molecular weight is 236 g/mol. The van der Waals surface area contributed by atoms with Gasteiger partial charge in [0.2, 0.25) is 0 Å². The molecular formula is C14H20O3. The Morgan fingerprint density at radius 1 is 1.12 bits per heavy atom. The zero-order valence-electron chi connectivity index (χ0n) is 10.6. The second-order valence-electron chi connectivity index (χ2n) is 4.78. The lowest BCUT2D eigenvalue weighted by Crippen LogP contribution is -2.19. The first-order valence-electron chi connectivity index (χ1n) is 5.91. The molecule has 2 unspecified atom stereocenters. The van der Waals surface area contributed by atoms with Crippen LogP contribution in [0.2, 0.25) is 0 Å².